The molecule has 2 N–H and O–H groups in total. The molecule has 1 saturated carbocycles. The SMILES string of the molecule is O=c1cc(CNS(=O)(=O)c2cccnc2Cl)nc(C2CC2)[nH]1. The molecular weight excluding hydrogens is 328 g/mol. The van der Waals surface area contributed by atoms with Crippen molar-refractivity contribution >= 4 is 21.6 Å². The molecule has 2 aromatic heterocycles. The van der Waals surface area contributed by atoms with Gasteiger partial charge in [0.05, 0.1) is 12.2 Å². The first-order valence-corrected chi connectivity index (χ1v) is 8.52. The molecule has 0 aliphatic heterocycles. The smallest absolute Gasteiger partial charge is 0.251 e. The van der Waals surface area contributed by atoms with Crippen molar-refractivity contribution in [1.29, 1.82) is 0 Å². The quantitative estimate of drug-likeness (QED) is 0.795. The van der Waals surface area contributed by atoms with Crippen molar-refractivity contribution in [2.24, 2.45) is 0 Å². The minimum atomic E-state index is -3.82. The second-order valence-electron chi connectivity index (χ2n) is 5.01. The fourth-order valence-corrected chi connectivity index (χ4v) is 3.44. The third-order valence-corrected chi connectivity index (χ3v) is 5.08. The molecule has 0 bridgehead atoms. The van der Waals surface area contributed by atoms with Gasteiger partial charge in [-0.3, -0.25) is 4.79 Å². The van der Waals surface area contributed by atoms with Crippen molar-refractivity contribution in [2.75, 3.05) is 0 Å². The van der Waals surface area contributed by atoms with E-state index in [9.17, 15) is 13.2 Å². The zero-order valence-electron chi connectivity index (χ0n) is 11.4. The minimum absolute atomic E-state index is 0.0861. The van der Waals surface area contributed by atoms with Gasteiger partial charge in [0.2, 0.25) is 10.0 Å². The van der Waals surface area contributed by atoms with Gasteiger partial charge in [0.15, 0.2) is 0 Å². The lowest BCUT2D eigenvalue weighted by atomic mass is 10.3. The maximum Gasteiger partial charge on any atom is 0.251 e. The van der Waals surface area contributed by atoms with E-state index in [2.05, 4.69) is 19.7 Å². The van der Waals surface area contributed by atoms with Gasteiger partial charge in [-0.15, -0.1) is 0 Å². The van der Waals surface area contributed by atoms with Crippen LogP contribution in [-0.4, -0.2) is 23.4 Å². The number of nitrogens with one attached hydrogen (secondary N) is 2. The highest BCUT2D eigenvalue weighted by Crippen LogP contribution is 2.37. The van der Waals surface area contributed by atoms with Crippen LogP contribution in [0.4, 0.5) is 0 Å². The average molecular weight is 341 g/mol. The lowest BCUT2D eigenvalue weighted by Crippen LogP contribution is -2.25. The van der Waals surface area contributed by atoms with Crippen LogP contribution >= 0.6 is 11.6 Å². The summed E-state index contributed by atoms with van der Waals surface area (Å²) in [4.78, 5) is 22.2. The molecular formula is C13H13ClN4O3S. The molecule has 1 aliphatic carbocycles. The fraction of sp³-hybridized carbons (Fsp3) is 0.308. The van der Waals surface area contributed by atoms with Gasteiger partial charge in [-0.05, 0) is 25.0 Å². The van der Waals surface area contributed by atoms with Crippen LogP contribution in [0.5, 0.6) is 0 Å². The number of hydrogen-bond acceptors (Lipinski definition) is 5. The zero-order chi connectivity index (χ0) is 15.7. The molecule has 0 saturated heterocycles. The van der Waals surface area contributed by atoms with Gasteiger partial charge in [-0.25, -0.2) is 23.1 Å². The van der Waals surface area contributed by atoms with Gasteiger partial charge in [0, 0.05) is 18.2 Å². The first-order valence-electron chi connectivity index (χ1n) is 6.66. The summed E-state index contributed by atoms with van der Waals surface area (Å²) in [6.45, 7) is -0.0861. The van der Waals surface area contributed by atoms with E-state index in [-0.39, 0.29) is 28.1 Å². The van der Waals surface area contributed by atoms with Crippen LogP contribution in [0.25, 0.3) is 0 Å². The zero-order valence-corrected chi connectivity index (χ0v) is 13.0. The largest absolute Gasteiger partial charge is 0.310 e. The molecule has 116 valence electrons. The standard InChI is InChI=1S/C13H13ClN4O3S/c14-12-10(2-1-5-15-12)22(20,21)16-7-9-6-11(19)18-13(17-9)8-3-4-8/h1-2,5-6,8,16H,3-4,7H2,(H,17,18,19). The second-order valence-corrected chi connectivity index (χ2v) is 7.11. The summed E-state index contributed by atoms with van der Waals surface area (Å²) in [7, 11) is -3.82. The highest BCUT2D eigenvalue weighted by atomic mass is 35.5. The molecule has 9 heteroatoms. The van der Waals surface area contributed by atoms with Gasteiger partial charge in [-0.1, -0.05) is 11.6 Å². The molecule has 3 rings (SSSR count). The Labute approximate surface area is 131 Å². The number of aromatic nitrogens is 3. The van der Waals surface area contributed by atoms with Crippen LogP contribution in [-0.2, 0) is 16.6 Å². The van der Waals surface area contributed by atoms with E-state index < -0.39 is 10.0 Å². The summed E-state index contributed by atoms with van der Waals surface area (Å²) < 4.78 is 26.8. The summed E-state index contributed by atoms with van der Waals surface area (Å²) in [6.07, 6.45) is 3.38. The van der Waals surface area contributed by atoms with Crippen molar-refractivity contribution in [1.82, 2.24) is 19.7 Å². The van der Waals surface area contributed by atoms with Crippen LogP contribution in [0.3, 0.4) is 0 Å². The van der Waals surface area contributed by atoms with Crippen molar-refractivity contribution in [3.63, 3.8) is 0 Å². The molecule has 0 unspecified atom stereocenters. The topological polar surface area (TPSA) is 105 Å². The first-order chi connectivity index (χ1) is 10.5. The fourth-order valence-electron chi connectivity index (χ4n) is 1.99. The molecule has 1 aliphatic rings. The molecule has 0 aromatic carbocycles. The molecule has 1 fully saturated rings. The predicted molar refractivity (Wildman–Crippen MR) is 80.1 cm³/mol. The second kappa shape index (κ2) is 5.79. The number of rotatable bonds is 5. The maximum atomic E-state index is 12.2. The molecule has 0 amide bonds. The Morgan fingerprint density at radius 1 is 1.41 bits per heavy atom. The van der Waals surface area contributed by atoms with E-state index in [1.807, 2.05) is 0 Å². The average Bonchev–Trinajstić information content (AvgIpc) is 3.30. The lowest BCUT2D eigenvalue weighted by Gasteiger charge is -2.08. The summed E-state index contributed by atoms with van der Waals surface area (Å²) in [5, 5.41) is -0.104. The van der Waals surface area contributed by atoms with E-state index in [1.54, 1.807) is 0 Å². The van der Waals surface area contributed by atoms with E-state index in [1.165, 1.54) is 24.4 Å². The van der Waals surface area contributed by atoms with Crippen LogP contribution < -0.4 is 10.3 Å². The number of aromatic amines is 1. The van der Waals surface area contributed by atoms with Crippen molar-refractivity contribution in [3.05, 3.63) is 51.4 Å². The van der Waals surface area contributed by atoms with Crippen molar-refractivity contribution < 1.29 is 8.42 Å². The van der Waals surface area contributed by atoms with Gasteiger partial charge in [0.1, 0.15) is 15.9 Å². The summed E-state index contributed by atoms with van der Waals surface area (Å²) in [6, 6.07) is 4.12. The van der Waals surface area contributed by atoms with E-state index in [0.717, 1.165) is 12.8 Å². The lowest BCUT2D eigenvalue weighted by molar-refractivity contribution is 0.579. The highest BCUT2D eigenvalue weighted by Gasteiger charge is 2.26. The molecule has 0 radical (unpaired) electrons. The van der Waals surface area contributed by atoms with Gasteiger partial charge < -0.3 is 4.98 Å². The van der Waals surface area contributed by atoms with E-state index >= 15 is 0 Å². The van der Waals surface area contributed by atoms with Gasteiger partial charge in [-0.2, -0.15) is 0 Å². The Morgan fingerprint density at radius 2 is 2.18 bits per heavy atom. The third-order valence-electron chi connectivity index (χ3n) is 3.23. The number of sulfonamides is 1. The van der Waals surface area contributed by atoms with E-state index in [0.29, 0.717) is 11.5 Å². The van der Waals surface area contributed by atoms with Crippen LogP contribution in [0.1, 0.15) is 30.3 Å². The van der Waals surface area contributed by atoms with Crippen molar-refractivity contribution in [3.8, 4) is 0 Å². The Kier molecular flexibility index (Phi) is 3.98. The molecule has 0 atom stereocenters. The number of hydrogen-bond donors (Lipinski definition) is 2. The third kappa shape index (κ3) is 3.34. The summed E-state index contributed by atoms with van der Waals surface area (Å²) in [5.74, 6) is 0.887. The van der Waals surface area contributed by atoms with Crippen LogP contribution in [0.15, 0.2) is 34.1 Å². The Morgan fingerprint density at radius 3 is 2.86 bits per heavy atom. The summed E-state index contributed by atoms with van der Waals surface area (Å²) >= 11 is 5.79. The molecule has 2 aromatic rings. The number of halogens is 1. The van der Waals surface area contributed by atoms with Crippen LogP contribution in [0.2, 0.25) is 5.15 Å². The Bertz CT molecular complexity index is 862. The first kappa shape index (κ1) is 15.1. The van der Waals surface area contributed by atoms with Gasteiger partial charge >= 0.3 is 0 Å². The Balaban J connectivity index is 1.80. The minimum Gasteiger partial charge on any atom is -0.310 e. The Hall–Kier alpha value is -1.77. The number of nitrogens with zero attached hydrogens (tertiary/aromatic N) is 2. The molecule has 22 heavy (non-hydrogen) atoms. The number of pyridine rings is 1. The normalized spacial score (nSPS) is 15.0. The molecule has 0 spiro atoms. The summed E-state index contributed by atoms with van der Waals surface area (Å²) in [5.41, 5.74) is 0.0831. The van der Waals surface area contributed by atoms with E-state index in [4.69, 9.17) is 11.6 Å². The maximum absolute atomic E-state index is 12.2. The molecule has 7 nitrogen and oxygen atoms in total. The van der Waals surface area contributed by atoms with Crippen molar-refractivity contribution in [2.45, 2.75) is 30.2 Å². The monoisotopic (exact) mass is 340 g/mol. The van der Waals surface area contributed by atoms with Crippen LogP contribution in [0, 0.1) is 0 Å². The molecule has 2 heterocycles. The van der Waals surface area contributed by atoms with Gasteiger partial charge in [0.25, 0.3) is 5.56 Å². The number of H-pyrrole nitrogens is 1. The predicted octanol–water partition coefficient (Wildman–Crippen LogP) is 1.17. The highest BCUT2D eigenvalue weighted by molar-refractivity contribution is 7.89.